The van der Waals surface area contributed by atoms with Crippen LogP contribution < -0.4 is 10.5 Å². The number of halogens is 2. The average molecular weight is 213 g/mol. The van der Waals surface area contributed by atoms with E-state index in [2.05, 4.69) is 4.98 Å². The normalized spacial score (nSPS) is 10.1. The number of ether oxygens (including phenoxy) is 1. The Bertz CT molecular complexity index is 401. The van der Waals surface area contributed by atoms with Crippen LogP contribution in [0.15, 0.2) is 6.20 Å². The molecular weight excluding hydrogens is 204 g/mol. The van der Waals surface area contributed by atoms with Gasteiger partial charge >= 0.3 is 0 Å². The molecule has 0 aliphatic rings. The highest BCUT2D eigenvalue weighted by Crippen LogP contribution is 2.30. The highest BCUT2D eigenvalue weighted by atomic mass is 19.3. The fraction of sp³-hybridized carbons (Fsp3) is 0.333. The van der Waals surface area contributed by atoms with E-state index < -0.39 is 12.1 Å². The Balaban J connectivity index is 3.42. The Morgan fingerprint density at radius 3 is 2.73 bits per heavy atom. The zero-order valence-corrected chi connectivity index (χ0v) is 8.00. The minimum atomic E-state index is -2.73. The average Bonchev–Trinajstić information content (AvgIpc) is 2.26. The van der Waals surface area contributed by atoms with E-state index in [-0.39, 0.29) is 23.4 Å². The molecule has 0 aliphatic heterocycles. The third-order valence-electron chi connectivity index (χ3n) is 1.90. The molecule has 1 rings (SSSR count). The molecule has 0 saturated carbocycles. The molecule has 0 unspecified atom stereocenters. The third-order valence-corrected chi connectivity index (χ3v) is 1.90. The van der Waals surface area contributed by atoms with Crippen LogP contribution in [0.2, 0.25) is 0 Å². The van der Waals surface area contributed by atoms with Crippen LogP contribution in [0.3, 0.4) is 0 Å². The molecule has 4 nitrogen and oxygen atoms in total. The first-order valence-corrected chi connectivity index (χ1v) is 4.09. The highest BCUT2D eigenvalue weighted by molar-refractivity contribution is 5.49. The van der Waals surface area contributed by atoms with Crippen LogP contribution in [0.4, 0.5) is 8.78 Å². The molecular formula is C9H9F2N3O. The summed E-state index contributed by atoms with van der Waals surface area (Å²) in [6, 6.07) is 1.80. The summed E-state index contributed by atoms with van der Waals surface area (Å²) in [5, 5.41) is 8.70. The van der Waals surface area contributed by atoms with E-state index in [9.17, 15) is 8.78 Å². The first kappa shape index (κ1) is 11.3. The maximum Gasteiger partial charge on any atom is 0.280 e. The van der Waals surface area contributed by atoms with Gasteiger partial charge in [0.1, 0.15) is 23.1 Å². The molecule has 0 spiro atoms. The fourth-order valence-corrected chi connectivity index (χ4v) is 1.25. The van der Waals surface area contributed by atoms with Crippen molar-refractivity contribution >= 4 is 0 Å². The minimum Gasteiger partial charge on any atom is -0.495 e. The van der Waals surface area contributed by atoms with E-state index >= 15 is 0 Å². The van der Waals surface area contributed by atoms with Crippen LogP contribution in [0.25, 0.3) is 0 Å². The first-order valence-electron chi connectivity index (χ1n) is 4.09. The zero-order chi connectivity index (χ0) is 11.4. The monoisotopic (exact) mass is 213 g/mol. The number of rotatable bonds is 3. The SMILES string of the molecule is COc1c(C#N)cnc(C(F)F)c1CN. The van der Waals surface area contributed by atoms with Gasteiger partial charge in [-0.2, -0.15) is 5.26 Å². The maximum absolute atomic E-state index is 12.5. The topological polar surface area (TPSA) is 71.9 Å². The van der Waals surface area contributed by atoms with Gasteiger partial charge < -0.3 is 10.5 Å². The van der Waals surface area contributed by atoms with Gasteiger partial charge in [0, 0.05) is 18.3 Å². The number of nitriles is 1. The molecule has 6 heteroatoms. The van der Waals surface area contributed by atoms with E-state index in [0.29, 0.717) is 0 Å². The lowest BCUT2D eigenvalue weighted by Crippen LogP contribution is -2.08. The van der Waals surface area contributed by atoms with Gasteiger partial charge in [-0.25, -0.2) is 8.78 Å². The van der Waals surface area contributed by atoms with Gasteiger partial charge in [-0.05, 0) is 0 Å². The minimum absolute atomic E-state index is 0.0744. The third kappa shape index (κ3) is 2.02. The lowest BCUT2D eigenvalue weighted by atomic mass is 10.1. The zero-order valence-electron chi connectivity index (χ0n) is 8.00. The second-order valence-corrected chi connectivity index (χ2v) is 2.69. The van der Waals surface area contributed by atoms with E-state index in [1.165, 1.54) is 7.11 Å². The summed E-state index contributed by atoms with van der Waals surface area (Å²) in [7, 11) is 1.30. The molecule has 0 atom stereocenters. The Labute approximate surface area is 85.3 Å². The second-order valence-electron chi connectivity index (χ2n) is 2.69. The molecule has 0 saturated heterocycles. The van der Waals surface area contributed by atoms with Crippen molar-refractivity contribution in [3.05, 3.63) is 23.0 Å². The summed E-state index contributed by atoms with van der Waals surface area (Å²) in [6.45, 7) is -0.147. The number of methoxy groups -OCH3 is 1. The molecule has 1 aromatic heterocycles. The smallest absolute Gasteiger partial charge is 0.280 e. The molecule has 0 radical (unpaired) electrons. The molecule has 15 heavy (non-hydrogen) atoms. The van der Waals surface area contributed by atoms with Crippen molar-refractivity contribution in [1.82, 2.24) is 4.98 Å². The summed E-state index contributed by atoms with van der Waals surface area (Å²) in [5.41, 5.74) is 5.06. The molecule has 1 aromatic rings. The fourth-order valence-electron chi connectivity index (χ4n) is 1.25. The summed E-state index contributed by atoms with van der Waals surface area (Å²) in [5.74, 6) is 0.0744. The maximum atomic E-state index is 12.5. The second kappa shape index (κ2) is 4.66. The van der Waals surface area contributed by atoms with E-state index in [4.69, 9.17) is 15.7 Å². The number of nitrogens with zero attached hydrogens (tertiary/aromatic N) is 2. The van der Waals surface area contributed by atoms with Crippen molar-refractivity contribution in [3.63, 3.8) is 0 Å². The highest BCUT2D eigenvalue weighted by Gasteiger charge is 2.20. The number of aromatic nitrogens is 1. The largest absolute Gasteiger partial charge is 0.495 e. The molecule has 1 heterocycles. The van der Waals surface area contributed by atoms with Crippen LogP contribution >= 0.6 is 0 Å². The Morgan fingerprint density at radius 1 is 1.67 bits per heavy atom. The summed E-state index contributed by atoms with van der Waals surface area (Å²) in [4.78, 5) is 3.50. The van der Waals surface area contributed by atoms with E-state index in [1.807, 2.05) is 0 Å². The lowest BCUT2D eigenvalue weighted by molar-refractivity contribution is 0.144. The van der Waals surface area contributed by atoms with Gasteiger partial charge in [0.05, 0.1) is 7.11 Å². The first-order chi connectivity index (χ1) is 7.15. The standard InChI is InChI=1S/C9H9F2N3O/c1-15-8-5(2-12)4-14-7(9(10)11)6(8)3-13/h4,9H,3,13H2,1H3. The van der Waals surface area contributed by atoms with Crippen molar-refractivity contribution in [2.75, 3.05) is 7.11 Å². The molecule has 0 amide bonds. The molecule has 0 aromatic carbocycles. The predicted molar refractivity (Wildman–Crippen MR) is 48.4 cm³/mol. The summed E-state index contributed by atoms with van der Waals surface area (Å²) in [6.07, 6.45) is -1.68. The quantitative estimate of drug-likeness (QED) is 0.822. The van der Waals surface area contributed by atoms with Gasteiger partial charge in [-0.15, -0.1) is 0 Å². The van der Waals surface area contributed by atoms with Crippen LogP contribution in [-0.4, -0.2) is 12.1 Å². The molecule has 80 valence electrons. The Morgan fingerprint density at radius 2 is 2.33 bits per heavy atom. The van der Waals surface area contributed by atoms with Crippen LogP contribution in [0, 0.1) is 11.3 Å². The van der Waals surface area contributed by atoms with Crippen molar-refractivity contribution < 1.29 is 13.5 Å². The van der Waals surface area contributed by atoms with Gasteiger partial charge in [0.2, 0.25) is 0 Å². The van der Waals surface area contributed by atoms with Crippen LogP contribution in [0.1, 0.15) is 23.2 Å². The van der Waals surface area contributed by atoms with Gasteiger partial charge in [-0.1, -0.05) is 0 Å². The summed E-state index contributed by atoms with van der Waals surface area (Å²) < 4.78 is 29.9. The van der Waals surface area contributed by atoms with Crippen molar-refractivity contribution in [2.45, 2.75) is 13.0 Å². The molecule has 2 N–H and O–H groups in total. The number of pyridine rings is 1. The number of hydrogen-bond acceptors (Lipinski definition) is 4. The van der Waals surface area contributed by atoms with Crippen molar-refractivity contribution in [1.29, 1.82) is 5.26 Å². The number of nitrogens with two attached hydrogens (primary N) is 1. The van der Waals surface area contributed by atoms with Gasteiger partial charge in [0.15, 0.2) is 0 Å². The van der Waals surface area contributed by atoms with E-state index in [0.717, 1.165) is 6.20 Å². The lowest BCUT2D eigenvalue weighted by Gasteiger charge is -2.11. The van der Waals surface area contributed by atoms with Gasteiger partial charge in [0.25, 0.3) is 6.43 Å². The van der Waals surface area contributed by atoms with E-state index in [1.54, 1.807) is 6.07 Å². The Kier molecular flexibility index (Phi) is 3.52. The van der Waals surface area contributed by atoms with Crippen LogP contribution in [0.5, 0.6) is 5.75 Å². The van der Waals surface area contributed by atoms with Crippen molar-refractivity contribution in [2.24, 2.45) is 5.73 Å². The Hall–Kier alpha value is -1.74. The number of hydrogen-bond donors (Lipinski definition) is 1. The molecule has 0 bridgehead atoms. The van der Waals surface area contributed by atoms with Crippen molar-refractivity contribution in [3.8, 4) is 11.8 Å². The molecule has 0 aliphatic carbocycles. The summed E-state index contributed by atoms with van der Waals surface area (Å²) >= 11 is 0. The van der Waals surface area contributed by atoms with Crippen LogP contribution in [-0.2, 0) is 6.54 Å². The predicted octanol–water partition coefficient (Wildman–Crippen LogP) is 1.36. The molecule has 0 fully saturated rings. The number of alkyl halides is 2. The van der Waals surface area contributed by atoms with Gasteiger partial charge in [-0.3, -0.25) is 4.98 Å².